The lowest BCUT2D eigenvalue weighted by atomic mass is 10.2. The van der Waals surface area contributed by atoms with Gasteiger partial charge in [0.1, 0.15) is 0 Å². The van der Waals surface area contributed by atoms with Crippen molar-refractivity contribution in [3.8, 4) is 0 Å². The molecule has 0 aromatic heterocycles. The smallest absolute Gasteiger partial charge is 0.409 e. The molecule has 0 saturated heterocycles. The molecule has 5 heteroatoms. The van der Waals surface area contributed by atoms with Crippen molar-refractivity contribution in [3.05, 3.63) is 29.8 Å². The molecular weight excluding hydrogens is 169 g/mol. The molecule has 4 nitrogen and oxygen atoms in total. The average Bonchev–Trinajstić information content (AvgIpc) is 2.08. The van der Waals surface area contributed by atoms with Gasteiger partial charge in [0.2, 0.25) is 0 Å². The van der Waals surface area contributed by atoms with Crippen LogP contribution in [-0.4, -0.2) is 19.2 Å². The molecule has 13 heavy (non-hydrogen) atoms. The van der Waals surface area contributed by atoms with E-state index in [-0.39, 0.29) is 0 Å². The number of hydrogen-bond donors (Lipinski definition) is 2. The molecule has 2 N–H and O–H groups in total. The maximum absolute atomic E-state index is 10.2. The van der Waals surface area contributed by atoms with E-state index in [2.05, 4.69) is 9.97 Å². The Kier molecular flexibility index (Phi) is 3.34. The summed E-state index contributed by atoms with van der Waals surface area (Å²) in [5.74, 6) is 0. The van der Waals surface area contributed by atoms with Crippen LogP contribution in [0.3, 0.4) is 0 Å². The first kappa shape index (κ1) is 9.60. The maximum Gasteiger partial charge on any atom is 0.409 e. The lowest BCUT2D eigenvalue weighted by Gasteiger charge is -2.02. The van der Waals surface area contributed by atoms with Gasteiger partial charge in [0.25, 0.3) is 8.05 Å². The molecule has 0 spiro atoms. The lowest BCUT2D eigenvalue weighted by molar-refractivity contribution is 0.210. The minimum absolute atomic E-state index is 0.313. The zero-order valence-electron chi connectivity index (χ0n) is 6.86. The second-order valence-corrected chi connectivity index (χ2v) is 2.44. The van der Waals surface area contributed by atoms with E-state index in [1.54, 1.807) is 24.3 Å². The highest BCUT2D eigenvalue weighted by Crippen LogP contribution is 2.09. The summed E-state index contributed by atoms with van der Waals surface area (Å²) in [5.41, 5.74) is 1.41. The van der Waals surface area contributed by atoms with Crippen molar-refractivity contribution >= 4 is 19.8 Å². The van der Waals surface area contributed by atoms with Crippen LogP contribution < -0.4 is 5.32 Å². The van der Waals surface area contributed by atoms with Crippen molar-refractivity contribution in [2.24, 2.45) is 0 Å². The molecule has 0 aliphatic rings. The van der Waals surface area contributed by atoms with Crippen molar-refractivity contribution in [3.63, 3.8) is 0 Å². The Labute approximate surface area is 77.0 Å². The molecule has 0 atom stereocenters. The first-order valence-electron chi connectivity index (χ1n) is 3.63. The highest BCUT2D eigenvalue weighted by molar-refractivity contribution is 5.97. The van der Waals surface area contributed by atoms with Crippen LogP contribution in [0.15, 0.2) is 24.3 Å². The van der Waals surface area contributed by atoms with E-state index in [4.69, 9.17) is 13.2 Å². The maximum atomic E-state index is 10.2. The minimum Gasteiger partial charge on any atom is -0.465 e. The number of benzene rings is 1. The van der Waals surface area contributed by atoms with Gasteiger partial charge in [0.15, 0.2) is 0 Å². The van der Waals surface area contributed by atoms with Crippen LogP contribution in [0.1, 0.15) is 5.56 Å². The van der Waals surface area contributed by atoms with Crippen molar-refractivity contribution in [1.82, 2.24) is 0 Å². The van der Waals surface area contributed by atoms with E-state index in [1.165, 1.54) is 0 Å². The number of hydrogen-bond acceptors (Lipinski definition) is 2. The Bertz CT molecular complexity index is 286. The van der Waals surface area contributed by atoms with Crippen LogP contribution in [0.25, 0.3) is 0 Å². The van der Waals surface area contributed by atoms with E-state index in [9.17, 15) is 4.79 Å². The number of carboxylic acid groups (broad SMARTS) is 1. The van der Waals surface area contributed by atoms with Crippen LogP contribution >= 0.6 is 0 Å². The summed E-state index contributed by atoms with van der Waals surface area (Å²) in [7, 11) is 4.87. The molecule has 1 aromatic rings. The van der Waals surface area contributed by atoms with Gasteiger partial charge in [-0.25, -0.2) is 4.79 Å². The summed E-state index contributed by atoms with van der Waals surface area (Å²) < 4.78 is 4.41. The van der Waals surface area contributed by atoms with E-state index < -0.39 is 6.09 Å². The Balaban J connectivity index is 2.64. The second kappa shape index (κ2) is 4.52. The quantitative estimate of drug-likeness (QED) is 0.685. The highest BCUT2D eigenvalue weighted by Gasteiger charge is 1.96. The first-order chi connectivity index (χ1) is 6.22. The molecule has 0 bridgehead atoms. The molecule has 66 valence electrons. The van der Waals surface area contributed by atoms with Crippen molar-refractivity contribution < 1.29 is 14.6 Å². The van der Waals surface area contributed by atoms with Gasteiger partial charge < -0.3 is 9.76 Å². The molecular formula is C8H8BNO3. The zero-order valence-corrected chi connectivity index (χ0v) is 6.86. The minimum atomic E-state index is -1.08. The van der Waals surface area contributed by atoms with Crippen LogP contribution in [0.5, 0.6) is 0 Å². The van der Waals surface area contributed by atoms with E-state index in [0.29, 0.717) is 12.3 Å². The van der Waals surface area contributed by atoms with Crippen LogP contribution in [0, 0.1) is 0 Å². The number of anilines is 1. The third-order valence-corrected chi connectivity index (χ3v) is 1.46. The third kappa shape index (κ3) is 3.17. The van der Waals surface area contributed by atoms with Gasteiger partial charge in [0, 0.05) is 5.69 Å². The molecule has 2 radical (unpaired) electrons. The molecule has 0 fully saturated rings. The Morgan fingerprint density at radius 1 is 1.46 bits per heavy atom. The lowest BCUT2D eigenvalue weighted by Crippen LogP contribution is -2.06. The highest BCUT2D eigenvalue weighted by atomic mass is 16.4. The molecule has 0 saturated carbocycles. The van der Waals surface area contributed by atoms with Gasteiger partial charge in [0.05, 0.1) is 6.61 Å². The fourth-order valence-electron chi connectivity index (χ4n) is 0.904. The zero-order chi connectivity index (χ0) is 9.68. The molecule has 1 aromatic carbocycles. The third-order valence-electron chi connectivity index (χ3n) is 1.46. The largest absolute Gasteiger partial charge is 0.465 e. The van der Waals surface area contributed by atoms with Crippen LogP contribution in [-0.2, 0) is 11.3 Å². The van der Waals surface area contributed by atoms with Crippen LogP contribution in [0.4, 0.5) is 10.5 Å². The molecule has 1 amide bonds. The van der Waals surface area contributed by atoms with Crippen molar-refractivity contribution in [1.29, 1.82) is 0 Å². The number of carbonyl (C=O) groups is 1. The van der Waals surface area contributed by atoms with E-state index in [0.717, 1.165) is 5.56 Å². The molecule has 0 unspecified atom stereocenters. The summed E-state index contributed by atoms with van der Waals surface area (Å²) >= 11 is 0. The monoisotopic (exact) mass is 177 g/mol. The Morgan fingerprint density at radius 2 is 2.08 bits per heavy atom. The molecule has 0 aliphatic heterocycles. The fourth-order valence-corrected chi connectivity index (χ4v) is 0.904. The standard InChI is InChI=1S/C8H8BNO3/c9-13-5-6-1-3-7(4-2-6)10-8(11)12/h1-4,10H,5H2,(H,11,12). The summed E-state index contributed by atoms with van der Waals surface area (Å²) in [6, 6.07) is 6.75. The van der Waals surface area contributed by atoms with Crippen LogP contribution in [0.2, 0.25) is 0 Å². The molecule has 0 heterocycles. The van der Waals surface area contributed by atoms with Crippen molar-refractivity contribution in [2.75, 3.05) is 5.32 Å². The second-order valence-electron chi connectivity index (χ2n) is 2.44. The van der Waals surface area contributed by atoms with Gasteiger partial charge >= 0.3 is 6.09 Å². The average molecular weight is 177 g/mol. The number of rotatable bonds is 3. The van der Waals surface area contributed by atoms with Gasteiger partial charge in [-0.1, -0.05) is 12.1 Å². The summed E-state index contributed by atoms with van der Waals surface area (Å²) in [6.07, 6.45) is -1.08. The fraction of sp³-hybridized carbons (Fsp3) is 0.125. The van der Waals surface area contributed by atoms with Gasteiger partial charge in [-0.3, -0.25) is 5.32 Å². The Morgan fingerprint density at radius 3 is 2.54 bits per heavy atom. The number of nitrogens with one attached hydrogen (secondary N) is 1. The topological polar surface area (TPSA) is 58.6 Å². The number of amides is 1. The van der Waals surface area contributed by atoms with Gasteiger partial charge in [-0.15, -0.1) is 0 Å². The van der Waals surface area contributed by atoms with Gasteiger partial charge in [-0.2, -0.15) is 0 Å². The first-order valence-corrected chi connectivity index (χ1v) is 3.63. The summed E-state index contributed by atoms with van der Waals surface area (Å²) in [4.78, 5) is 10.2. The Hall–Kier alpha value is -1.49. The van der Waals surface area contributed by atoms with E-state index in [1.807, 2.05) is 0 Å². The summed E-state index contributed by atoms with van der Waals surface area (Å²) in [5, 5.41) is 10.6. The predicted molar refractivity (Wildman–Crippen MR) is 48.6 cm³/mol. The van der Waals surface area contributed by atoms with Gasteiger partial charge in [-0.05, 0) is 17.7 Å². The normalized spacial score (nSPS) is 9.54. The van der Waals surface area contributed by atoms with E-state index >= 15 is 0 Å². The molecule has 1 rings (SSSR count). The molecule has 0 aliphatic carbocycles. The SMILES string of the molecule is [B]OCc1ccc(NC(=O)O)cc1. The predicted octanol–water partition coefficient (Wildman–Crippen LogP) is 1.38. The van der Waals surface area contributed by atoms with Crippen molar-refractivity contribution in [2.45, 2.75) is 6.61 Å². The summed E-state index contributed by atoms with van der Waals surface area (Å²) in [6.45, 7) is 0.313.